The maximum Gasteiger partial charge on any atom is 0.129 e. The molecule has 0 spiro atoms. The van der Waals surface area contributed by atoms with Crippen LogP contribution in [0.3, 0.4) is 0 Å². The Hall–Kier alpha value is -1.97. The van der Waals surface area contributed by atoms with Crippen molar-refractivity contribution in [1.29, 1.82) is 0 Å². The first-order valence-corrected chi connectivity index (χ1v) is 7.01. The normalized spacial score (nSPS) is 12.6. The first-order chi connectivity index (χ1) is 10.1. The van der Waals surface area contributed by atoms with Crippen LogP contribution < -0.4 is 5.73 Å². The van der Waals surface area contributed by atoms with Crippen molar-refractivity contribution in [2.24, 2.45) is 5.73 Å². The molecule has 0 amide bonds. The molecule has 0 aliphatic rings. The second-order valence-electron chi connectivity index (χ2n) is 5.01. The molecular formula is C17H14ClFN2. The zero-order valence-electron chi connectivity index (χ0n) is 11.5. The Bertz CT molecular complexity index is 817. The summed E-state index contributed by atoms with van der Waals surface area (Å²) < 4.78 is 14.1. The van der Waals surface area contributed by atoms with E-state index in [1.807, 2.05) is 37.3 Å². The van der Waals surface area contributed by atoms with Gasteiger partial charge in [-0.15, -0.1) is 0 Å². The van der Waals surface area contributed by atoms with Gasteiger partial charge in [-0.25, -0.2) is 4.39 Å². The number of halogens is 2. The maximum atomic E-state index is 14.1. The SMILES string of the molecule is Cc1cc(C(N)c2ccc(Cl)cc2F)c2ccccc2n1. The highest BCUT2D eigenvalue weighted by molar-refractivity contribution is 6.30. The summed E-state index contributed by atoms with van der Waals surface area (Å²) in [5.74, 6) is -0.395. The molecular weight excluding hydrogens is 287 g/mol. The summed E-state index contributed by atoms with van der Waals surface area (Å²) in [5, 5.41) is 1.30. The third-order valence-electron chi connectivity index (χ3n) is 3.51. The minimum Gasteiger partial charge on any atom is -0.320 e. The Kier molecular flexibility index (Phi) is 3.62. The van der Waals surface area contributed by atoms with Gasteiger partial charge in [-0.3, -0.25) is 4.98 Å². The largest absolute Gasteiger partial charge is 0.320 e. The van der Waals surface area contributed by atoms with E-state index in [2.05, 4.69) is 4.98 Å². The fourth-order valence-electron chi connectivity index (χ4n) is 2.52. The van der Waals surface area contributed by atoms with Crippen LogP contribution >= 0.6 is 11.6 Å². The molecule has 1 atom stereocenters. The van der Waals surface area contributed by atoms with E-state index in [1.165, 1.54) is 6.07 Å². The topological polar surface area (TPSA) is 38.9 Å². The van der Waals surface area contributed by atoms with E-state index in [0.29, 0.717) is 10.6 Å². The number of aryl methyl sites for hydroxylation is 1. The highest BCUT2D eigenvalue weighted by Gasteiger charge is 2.17. The van der Waals surface area contributed by atoms with Crippen LogP contribution in [0.1, 0.15) is 22.9 Å². The summed E-state index contributed by atoms with van der Waals surface area (Å²) in [6, 6.07) is 13.6. The predicted molar refractivity (Wildman–Crippen MR) is 83.9 cm³/mol. The summed E-state index contributed by atoms with van der Waals surface area (Å²) in [6.07, 6.45) is 0. The van der Waals surface area contributed by atoms with Crippen LogP contribution in [-0.4, -0.2) is 4.98 Å². The lowest BCUT2D eigenvalue weighted by molar-refractivity contribution is 0.600. The van der Waals surface area contributed by atoms with E-state index in [4.69, 9.17) is 17.3 Å². The van der Waals surface area contributed by atoms with Gasteiger partial charge in [-0.05, 0) is 36.8 Å². The Morgan fingerprint density at radius 2 is 1.86 bits per heavy atom. The predicted octanol–water partition coefficient (Wildman–Crippen LogP) is 4.38. The lowest BCUT2D eigenvalue weighted by atomic mass is 9.95. The van der Waals surface area contributed by atoms with E-state index in [-0.39, 0.29) is 0 Å². The van der Waals surface area contributed by atoms with Gasteiger partial charge in [-0.2, -0.15) is 0 Å². The zero-order chi connectivity index (χ0) is 15.0. The fourth-order valence-corrected chi connectivity index (χ4v) is 2.68. The molecule has 2 nitrogen and oxygen atoms in total. The van der Waals surface area contributed by atoms with Gasteiger partial charge in [0.05, 0.1) is 11.6 Å². The molecule has 1 heterocycles. The Morgan fingerprint density at radius 3 is 2.62 bits per heavy atom. The third-order valence-corrected chi connectivity index (χ3v) is 3.74. The standard InChI is InChI=1S/C17H14ClFN2/c1-10-8-14(12-4-2-3-5-16(12)21-10)17(20)13-7-6-11(18)9-15(13)19/h2-9,17H,20H2,1H3. The Morgan fingerprint density at radius 1 is 1.10 bits per heavy atom. The number of aromatic nitrogens is 1. The summed E-state index contributed by atoms with van der Waals surface area (Å²) in [5.41, 5.74) is 9.29. The Balaban J connectivity index is 2.19. The van der Waals surface area contributed by atoms with Gasteiger partial charge in [0.25, 0.3) is 0 Å². The summed E-state index contributed by atoms with van der Waals surface area (Å²) in [4.78, 5) is 4.48. The number of benzene rings is 2. The quantitative estimate of drug-likeness (QED) is 0.762. The first-order valence-electron chi connectivity index (χ1n) is 6.63. The van der Waals surface area contributed by atoms with Gasteiger partial charge in [-0.1, -0.05) is 35.9 Å². The number of nitrogens with two attached hydrogens (primary N) is 1. The molecule has 2 aromatic carbocycles. The van der Waals surface area contributed by atoms with Crippen LogP contribution in [0.15, 0.2) is 48.5 Å². The lowest BCUT2D eigenvalue weighted by Gasteiger charge is -2.16. The van der Waals surface area contributed by atoms with E-state index in [9.17, 15) is 4.39 Å². The van der Waals surface area contributed by atoms with Crippen molar-refractivity contribution in [3.05, 3.63) is 76.2 Å². The first kappa shape index (κ1) is 14.0. The number of hydrogen-bond donors (Lipinski definition) is 1. The molecule has 0 saturated heterocycles. The van der Waals surface area contributed by atoms with Gasteiger partial charge in [0.15, 0.2) is 0 Å². The summed E-state index contributed by atoms with van der Waals surface area (Å²) >= 11 is 5.80. The van der Waals surface area contributed by atoms with Crippen molar-refractivity contribution >= 4 is 22.5 Å². The number of nitrogens with zero attached hydrogens (tertiary/aromatic N) is 1. The average molecular weight is 301 g/mol. The number of para-hydroxylation sites is 1. The van der Waals surface area contributed by atoms with Crippen molar-refractivity contribution in [2.75, 3.05) is 0 Å². The van der Waals surface area contributed by atoms with Crippen molar-refractivity contribution in [3.8, 4) is 0 Å². The number of hydrogen-bond acceptors (Lipinski definition) is 2. The zero-order valence-corrected chi connectivity index (χ0v) is 12.2. The molecule has 3 aromatic rings. The Labute approximate surface area is 127 Å². The van der Waals surface area contributed by atoms with Crippen molar-refractivity contribution in [1.82, 2.24) is 4.98 Å². The maximum absolute atomic E-state index is 14.1. The van der Waals surface area contributed by atoms with Crippen LogP contribution in [0.4, 0.5) is 4.39 Å². The van der Waals surface area contributed by atoms with Gasteiger partial charge >= 0.3 is 0 Å². The number of rotatable bonds is 2. The van der Waals surface area contributed by atoms with Gasteiger partial charge in [0.1, 0.15) is 5.82 Å². The molecule has 1 aromatic heterocycles. The molecule has 1 unspecified atom stereocenters. The van der Waals surface area contributed by atoms with Crippen molar-refractivity contribution in [2.45, 2.75) is 13.0 Å². The molecule has 0 bridgehead atoms. The van der Waals surface area contributed by atoms with Crippen LogP contribution in [-0.2, 0) is 0 Å². The fraction of sp³-hybridized carbons (Fsp3) is 0.118. The molecule has 0 fully saturated rings. The van der Waals surface area contributed by atoms with E-state index in [1.54, 1.807) is 12.1 Å². The van der Waals surface area contributed by atoms with Gasteiger partial charge in [0.2, 0.25) is 0 Å². The molecule has 3 rings (SSSR count). The minimum absolute atomic E-state index is 0.360. The third kappa shape index (κ3) is 2.62. The molecule has 21 heavy (non-hydrogen) atoms. The number of pyridine rings is 1. The second-order valence-corrected chi connectivity index (χ2v) is 5.45. The summed E-state index contributed by atoms with van der Waals surface area (Å²) in [6.45, 7) is 1.90. The molecule has 2 N–H and O–H groups in total. The monoisotopic (exact) mass is 300 g/mol. The molecule has 0 radical (unpaired) electrons. The smallest absolute Gasteiger partial charge is 0.129 e. The highest BCUT2D eigenvalue weighted by Crippen LogP contribution is 2.29. The molecule has 4 heteroatoms. The second kappa shape index (κ2) is 5.43. The minimum atomic E-state index is -0.561. The molecule has 0 aliphatic carbocycles. The van der Waals surface area contributed by atoms with E-state index in [0.717, 1.165) is 22.2 Å². The molecule has 0 saturated carbocycles. The van der Waals surface area contributed by atoms with Crippen LogP contribution in [0.2, 0.25) is 5.02 Å². The van der Waals surface area contributed by atoms with E-state index < -0.39 is 11.9 Å². The van der Waals surface area contributed by atoms with Crippen LogP contribution in [0.5, 0.6) is 0 Å². The van der Waals surface area contributed by atoms with Crippen molar-refractivity contribution < 1.29 is 4.39 Å². The van der Waals surface area contributed by atoms with Crippen LogP contribution in [0, 0.1) is 12.7 Å². The van der Waals surface area contributed by atoms with Gasteiger partial charge < -0.3 is 5.73 Å². The number of fused-ring (bicyclic) bond motifs is 1. The average Bonchev–Trinajstić information content (AvgIpc) is 2.45. The van der Waals surface area contributed by atoms with Crippen molar-refractivity contribution in [3.63, 3.8) is 0 Å². The molecule has 106 valence electrons. The van der Waals surface area contributed by atoms with Gasteiger partial charge in [0, 0.05) is 21.7 Å². The van der Waals surface area contributed by atoms with E-state index >= 15 is 0 Å². The van der Waals surface area contributed by atoms with Crippen LogP contribution in [0.25, 0.3) is 10.9 Å². The lowest BCUT2D eigenvalue weighted by Crippen LogP contribution is -2.14. The molecule has 0 aliphatic heterocycles. The highest BCUT2D eigenvalue weighted by atomic mass is 35.5. The summed E-state index contributed by atoms with van der Waals surface area (Å²) in [7, 11) is 0.